The van der Waals surface area contributed by atoms with Gasteiger partial charge in [-0.05, 0) is 37.3 Å². The molecule has 1 N–H and O–H groups in total. The van der Waals surface area contributed by atoms with Gasteiger partial charge in [-0.25, -0.2) is 0 Å². The molecule has 5 rings (SSSR count). The molecule has 2 aromatic carbocycles. The Morgan fingerprint density at radius 3 is 2.30 bits per heavy atom. The third-order valence-electron chi connectivity index (χ3n) is 6.82. The number of carbonyl (C=O) groups is 1. The monoisotopic (exact) mass is 444 g/mol. The van der Waals surface area contributed by atoms with Crippen LogP contribution in [0.15, 0.2) is 60.7 Å². The first kappa shape index (κ1) is 21.9. The van der Waals surface area contributed by atoms with Crippen molar-refractivity contribution in [2.24, 2.45) is 0 Å². The van der Waals surface area contributed by atoms with E-state index in [4.69, 9.17) is 9.84 Å². The number of nitrogens with one attached hydrogen (secondary N) is 1. The Labute approximate surface area is 195 Å². The highest BCUT2D eigenvalue weighted by Gasteiger charge is 2.32. The van der Waals surface area contributed by atoms with E-state index in [1.54, 1.807) is 0 Å². The van der Waals surface area contributed by atoms with Gasteiger partial charge >= 0.3 is 0 Å². The Hall–Kier alpha value is -2.96. The molecular formula is C27H32N4O2. The van der Waals surface area contributed by atoms with Crippen LogP contribution in [0.4, 0.5) is 0 Å². The lowest BCUT2D eigenvalue weighted by Gasteiger charge is -2.30. The van der Waals surface area contributed by atoms with Crippen LogP contribution in [0.5, 0.6) is 0 Å². The van der Waals surface area contributed by atoms with E-state index in [0.717, 1.165) is 31.4 Å². The van der Waals surface area contributed by atoms with E-state index < -0.39 is 0 Å². The van der Waals surface area contributed by atoms with Gasteiger partial charge in [0.05, 0.1) is 19.3 Å². The Balaban J connectivity index is 1.42. The molecule has 172 valence electrons. The molecule has 1 fully saturated rings. The summed E-state index contributed by atoms with van der Waals surface area (Å²) in [6, 6.07) is 21.6. The molecule has 0 radical (unpaired) electrons. The zero-order valence-electron chi connectivity index (χ0n) is 19.2. The lowest BCUT2D eigenvalue weighted by molar-refractivity contribution is 0.0297. The summed E-state index contributed by atoms with van der Waals surface area (Å²) < 4.78 is 7.47. The Kier molecular flexibility index (Phi) is 6.55. The second-order valence-electron chi connectivity index (χ2n) is 8.85. The third kappa shape index (κ3) is 4.59. The highest BCUT2D eigenvalue weighted by molar-refractivity contribution is 5.94. The van der Waals surface area contributed by atoms with E-state index in [1.807, 2.05) is 9.58 Å². The molecule has 0 bridgehead atoms. The number of nitrogens with zero attached hydrogens (tertiary/aromatic N) is 3. The maximum Gasteiger partial charge on any atom is 0.274 e. The molecule has 1 aromatic heterocycles. The summed E-state index contributed by atoms with van der Waals surface area (Å²) in [7, 11) is 0. The minimum absolute atomic E-state index is 0.0464. The van der Waals surface area contributed by atoms with Gasteiger partial charge in [-0.3, -0.25) is 9.48 Å². The van der Waals surface area contributed by atoms with E-state index in [2.05, 4.69) is 72.9 Å². The molecule has 3 aromatic rings. The quantitative estimate of drug-likeness (QED) is 0.631. The number of ether oxygens (including phenoxy) is 1. The molecule has 1 aliphatic heterocycles. The molecule has 1 amide bonds. The number of carbonyl (C=O) groups excluding carboxylic acids is 1. The lowest BCUT2D eigenvalue weighted by Crippen LogP contribution is -2.42. The molecule has 0 saturated carbocycles. The minimum Gasteiger partial charge on any atom is -0.378 e. The topological polar surface area (TPSA) is 59.4 Å². The van der Waals surface area contributed by atoms with E-state index in [-0.39, 0.29) is 18.0 Å². The van der Waals surface area contributed by atoms with Crippen LogP contribution < -0.4 is 5.32 Å². The average Bonchev–Trinajstić information content (AvgIpc) is 3.26. The van der Waals surface area contributed by atoms with Crippen molar-refractivity contribution in [3.8, 4) is 0 Å². The van der Waals surface area contributed by atoms with E-state index >= 15 is 0 Å². The maximum absolute atomic E-state index is 13.3. The summed E-state index contributed by atoms with van der Waals surface area (Å²) >= 11 is 0. The fourth-order valence-corrected chi connectivity index (χ4v) is 5.09. The molecule has 2 aliphatic rings. The molecule has 6 heteroatoms. The predicted octanol–water partition coefficient (Wildman–Crippen LogP) is 3.61. The molecular weight excluding hydrogens is 412 g/mol. The van der Waals surface area contributed by atoms with Crippen molar-refractivity contribution in [3.63, 3.8) is 0 Å². The van der Waals surface area contributed by atoms with E-state index in [0.29, 0.717) is 32.0 Å². The molecule has 6 nitrogen and oxygen atoms in total. The second kappa shape index (κ2) is 9.89. The molecule has 33 heavy (non-hydrogen) atoms. The van der Waals surface area contributed by atoms with Gasteiger partial charge in [0, 0.05) is 36.9 Å². The Morgan fingerprint density at radius 2 is 1.70 bits per heavy atom. The van der Waals surface area contributed by atoms with E-state index in [1.165, 1.54) is 16.8 Å². The zero-order valence-corrected chi connectivity index (χ0v) is 19.2. The van der Waals surface area contributed by atoms with Crippen LogP contribution in [-0.4, -0.2) is 52.9 Å². The number of hydrogen-bond donors (Lipinski definition) is 1. The van der Waals surface area contributed by atoms with Crippen molar-refractivity contribution < 1.29 is 9.53 Å². The summed E-state index contributed by atoms with van der Waals surface area (Å²) in [4.78, 5) is 15.2. The number of hydrogen-bond acceptors (Lipinski definition) is 4. The summed E-state index contributed by atoms with van der Waals surface area (Å²) in [5.41, 5.74) is 5.49. The molecule has 2 heterocycles. The first-order valence-corrected chi connectivity index (χ1v) is 12.1. The highest BCUT2D eigenvalue weighted by atomic mass is 16.5. The summed E-state index contributed by atoms with van der Waals surface area (Å²) in [6.45, 7) is 5.36. The Morgan fingerprint density at radius 1 is 1.06 bits per heavy atom. The molecule has 1 aliphatic carbocycles. The van der Waals surface area contributed by atoms with Gasteiger partial charge < -0.3 is 15.0 Å². The van der Waals surface area contributed by atoms with Crippen LogP contribution in [0, 0.1) is 0 Å². The van der Waals surface area contributed by atoms with Crippen LogP contribution in [0.3, 0.4) is 0 Å². The van der Waals surface area contributed by atoms with Crippen molar-refractivity contribution in [2.45, 2.75) is 44.8 Å². The van der Waals surface area contributed by atoms with Gasteiger partial charge in [-0.15, -0.1) is 0 Å². The number of aromatic nitrogens is 2. The molecule has 0 spiro atoms. The van der Waals surface area contributed by atoms with E-state index in [9.17, 15) is 4.79 Å². The first-order valence-electron chi connectivity index (χ1n) is 12.1. The third-order valence-corrected chi connectivity index (χ3v) is 6.82. The zero-order chi connectivity index (χ0) is 22.6. The first-order chi connectivity index (χ1) is 16.2. The van der Waals surface area contributed by atoms with Crippen LogP contribution in [0.25, 0.3) is 0 Å². The van der Waals surface area contributed by atoms with Gasteiger partial charge in [0.2, 0.25) is 0 Å². The van der Waals surface area contributed by atoms with Gasteiger partial charge in [-0.2, -0.15) is 5.10 Å². The van der Waals surface area contributed by atoms with Crippen molar-refractivity contribution in [3.05, 3.63) is 88.7 Å². The van der Waals surface area contributed by atoms with Crippen molar-refractivity contribution in [1.29, 1.82) is 0 Å². The smallest absolute Gasteiger partial charge is 0.274 e. The van der Waals surface area contributed by atoms with Crippen LogP contribution in [0.2, 0.25) is 0 Å². The SMILES string of the molecule is CCn1nc(C(=O)N2CCOCC2)c2c1CCC(NC(c1ccccc1)c1ccccc1)C2. The van der Waals surface area contributed by atoms with Gasteiger partial charge in [0.25, 0.3) is 5.91 Å². The van der Waals surface area contributed by atoms with Gasteiger partial charge in [-0.1, -0.05) is 60.7 Å². The summed E-state index contributed by atoms with van der Waals surface area (Å²) in [6.07, 6.45) is 2.78. The molecule has 1 atom stereocenters. The predicted molar refractivity (Wildman–Crippen MR) is 128 cm³/mol. The normalized spacial score (nSPS) is 18.4. The number of fused-ring (bicyclic) bond motifs is 1. The number of benzene rings is 2. The number of morpholine rings is 1. The number of aryl methyl sites for hydroxylation is 1. The standard InChI is InChI=1S/C27H32N4O2/c1-2-31-24-14-13-22(19-23(24)26(29-31)27(32)30-15-17-33-18-16-30)28-25(20-9-5-3-6-10-20)21-11-7-4-8-12-21/h3-12,22,25,28H,2,13-19H2,1H3. The molecule has 1 unspecified atom stereocenters. The molecule has 1 saturated heterocycles. The maximum atomic E-state index is 13.3. The fourth-order valence-electron chi connectivity index (χ4n) is 5.09. The van der Waals surface area contributed by atoms with Crippen molar-refractivity contribution >= 4 is 5.91 Å². The fraction of sp³-hybridized carbons (Fsp3) is 0.407. The Bertz CT molecular complexity index is 1030. The van der Waals surface area contributed by atoms with Crippen LogP contribution in [-0.2, 0) is 24.1 Å². The van der Waals surface area contributed by atoms with Crippen molar-refractivity contribution in [2.75, 3.05) is 26.3 Å². The van der Waals surface area contributed by atoms with Crippen LogP contribution in [0.1, 0.15) is 52.3 Å². The lowest BCUT2D eigenvalue weighted by atomic mass is 9.89. The van der Waals surface area contributed by atoms with Gasteiger partial charge in [0.1, 0.15) is 0 Å². The van der Waals surface area contributed by atoms with Crippen LogP contribution >= 0.6 is 0 Å². The number of rotatable bonds is 6. The second-order valence-corrected chi connectivity index (χ2v) is 8.85. The average molecular weight is 445 g/mol. The minimum atomic E-state index is 0.0464. The largest absolute Gasteiger partial charge is 0.378 e. The highest BCUT2D eigenvalue weighted by Crippen LogP contribution is 2.29. The summed E-state index contributed by atoms with van der Waals surface area (Å²) in [5.74, 6) is 0.0464. The van der Waals surface area contributed by atoms with Crippen molar-refractivity contribution in [1.82, 2.24) is 20.0 Å². The summed E-state index contributed by atoms with van der Waals surface area (Å²) in [5, 5.41) is 8.69. The van der Waals surface area contributed by atoms with Gasteiger partial charge in [0.15, 0.2) is 5.69 Å². The number of amides is 1.